The summed E-state index contributed by atoms with van der Waals surface area (Å²) in [7, 11) is 0. The van der Waals surface area contributed by atoms with Gasteiger partial charge >= 0.3 is 0 Å². The lowest BCUT2D eigenvalue weighted by molar-refractivity contribution is -0.375. The monoisotopic (exact) mass is 170 g/mol. The SMILES string of the molecule is c1cnc2c(c1)[nH]c1cc[nH+]cc12. The molecular formula is C10H8N3+. The predicted octanol–water partition coefficient (Wildman–Crippen LogP) is 1.53. The fourth-order valence-corrected chi connectivity index (χ4v) is 1.60. The minimum atomic E-state index is 1.02. The Labute approximate surface area is 74.4 Å². The molecule has 62 valence electrons. The molecule has 3 aromatic rings. The van der Waals surface area contributed by atoms with Crippen molar-refractivity contribution in [1.29, 1.82) is 0 Å². The van der Waals surface area contributed by atoms with Crippen LogP contribution in [0.25, 0.3) is 21.9 Å². The van der Waals surface area contributed by atoms with Gasteiger partial charge in [-0.25, -0.2) is 4.98 Å². The molecule has 0 aliphatic carbocycles. The Morgan fingerprint density at radius 3 is 3.23 bits per heavy atom. The van der Waals surface area contributed by atoms with Crippen LogP contribution >= 0.6 is 0 Å². The van der Waals surface area contributed by atoms with E-state index < -0.39 is 0 Å². The van der Waals surface area contributed by atoms with Crippen molar-refractivity contribution in [3.8, 4) is 0 Å². The third-order valence-corrected chi connectivity index (χ3v) is 2.20. The lowest BCUT2D eigenvalue weighted by atomic mass is 10.3. The van der Waals surface area contributed by atoms with Gasteiger partial charge in [-0.15, -0.1) is 0 Å². The molecule has 0 saturated carbocycles. The normalized spacial score (nSPS) is 11.1. The summed E-state index contributed by atoms with van der Waals surface area (Å²) >= 11 is 0. The second-order valence-electron chi connectivity index (χ2n) is 3.00. The molecule has 0 fully saturated rings. The first-order valence-corrected chi connectivity index (χ1v) is 4.18. The Morgan fingerprint density at radius 1 is 1.23 bits per heavy atom. The summed E-state index contributed by atoms with van der Waals surface area (Å²) in [6.45, 7) is 0. The lowest BCUT2D eigenvalue weighted by Crippen LogP contribution is -1.96. The first-order chi connectivity index (χ1) is 6.45. The fraction of sp³-hybridized carbons (Fsp3) is 0. The smallest absolute Gasteiger partial charge is 0.178 e. The third kappa shape index (κ3) is 0.839. The molecule has 0 unspecified atom stereocenters. The minimum absolute atomic E-state index is 1.02. The Hall–Kier alpha value is -1.90. The van der Waals surface area contributed by atoms with Crippen LogP contribution < -0.4 is 4.98 Å². The zero-order valence-electron chi connectivity index (χ0n) is 6.91. The molecule has 0 aromatic carbocycles. The average Bonchev–Trinajstić information content (AvgIpc) is 2.56. The number of hydrogen-bond donors (Lipinski definition) is 1. The lowest BCUT2D eigenvalue weighted by Gasteiger charge is -1.84. The van der Waals surface area contributed by atoms with Gasteiger partial charge in [0.1, 0.15) is 5.52 Å². The maximum atomic E-state index is 4.32. The topological polar surface area (TPSA) is 42.8 Å². The van der Waals surface area contributed by atoms with E-state index in [2.05, 4.69) is 15.0 Å². The fourth-order valence-electron chi connectivity index (χ4n) is 1.60. The van der Waals surface area contributed by atoms with Crippen LogP contribution in [-0.4, -0.2) is 9.97 Å². The van der Waals surface area contributed by atoms with Crippen molar-refractivity contribution in [2.45, 2.75) is 0 Å². The molecule has 3 rings (SSSR count). The number of aromatic amines is 2. The quantitative estimate of drug-likeness (QED) is 0.546. The largest absolute Gasteiger partial charge is 0.353 e. The molecule has 3 heterocycles. The maximum absolute atomic E-state index is 4.32. The Bertz CT molecular complexity index is 518. The maximum Gasteiger partial charge on any atom is 0.178 e. The van der Waals surface area contributed by atoms with E-state index in [9.17, 15) is 0 Å². The number of nitrogens with one attached hydrogen (secondary N) is 2. The molecule has 3 aromatic heterocycles. The summed E-state index contributed by atoms with van der Waals surface area (Å²) < 4.78 is 0. The number of aromatic nitrogens is 3. The van der Waals surface area contributed by atoms with Crippen molar-refractivity contribution in [3.63, 3.8) is 0 Å². The molecule has 0 aliphatic heterocycles. The van der Waals surface area contributed by atoms with Crippen LogP contribution in [0.3, 0.4) is 0 Å². The Balaban J connectivity index is 2.64. The Morgan fingerprint density at radius 2 is 2.23 bits per heavy atom. The van der Waals surface area contributed by atoms with Gasteiger partial charge in [-0.3, -0.25) is 4.98 Å². The summed E-state index contributed by atoms with van der Waals surface area (Å²) in [6.07, 6.45) is 5.67. The van der Waals surface area contributed by atoms with Gasteiger partial charge in [0.15, 0.2) is 12.4 Å². The van der Waals surface area contributed by atoms with Crippen LogP contribution in [-0.2, 0) is 0 Å². The molecule has 0 radical (unpaired) electrons. The van der Waals surface area contributed by atoms with Gasteiger partial charge in [0, 0.05) is 12.3 Å². The van der Waals surface area contributed by atoms with E-state index in [4.69, 9.17) is 0 Å². The van der Waals surface area contributed by atoms with Crippen LogP contribution in [0.15, 0.2) is 36.8 Å². The molecule has 3 heteroatoms. The molecular weight excluding hydrogens is 162 g/mol. The first kappa shape index (κ1) is 6.60. The zero-order valence-corrected chi connectivity index (χ0v) is 6.91. The van der Waals surface area contributed by atoms with Crippen molar-refractivity contribution in [2.75, 3.05) is 0 Å². The summed E-state index contributed by atoms with van der Waals surface area (Å²) in [5.41, 5.74) is 3.22. The first-order valence-electron chi connectivity index (χ1n) is 4.18. The number of nitrogens with zero attached hydrogens (tertiary/aromatic N) is 1. The van der Waals surface area contributed by atoms with Gasteiger partial charge in [-0.05, 0) is 12.1 Å². The summed E-state index contributed by atoms with van der Waals surface area (Å²) in [5, 5.41) is 1.14. The highest BCUT2D eigenvalue weighted by molar-refractivity contribution is 6.03. The third-order valence-electron chi connectivity index (χ3n) is 2.20. The second-order valence-corrected chi connectivity index (χ2v) is 3.00. The van der Waals surface area contributed by atoms with E-state index in [0.717, 1.165) is 21.9 Å². The van der Waals surface area contributed by atoms with Crippen LogP contribution in [0.2, 0.25) is 0 Å². The van der Waals surface area contributed by atoms with E-state index in [-0.39, 0.29) is 0 Å². The number of H-pyrrole nitrogens is 2. The van der Waals surface area contributed by atoms with Gasteiger partial charge in [0.05, 0.1) is 16.4 Å². The van der Waals surface area contributed by atoms with Gasteiger partial charge in [-0.2, -0.15) is 0 Å². The second kappa shape index (κ2) is 2.29. The summed E-state index contributed by atoms with van der Waals surface area (Å²) in [6, 6.07) is 5.97. The highest BCUT2D eigenvalue weighted by Crippen LogP contribution is 2.20. The van der Waals surface area contributed by atoms with Crippen LogP contribution in [0.4, 0.5) is 0 Å². The molecule has 0 spiro atoms. The van der Waals surface area contributed by atoms with E-state index in [1.807, 2.05) is 36.8 Å². The van der Waals surface area contributed by atoms with Crippen molar-refractivity contribution in [2.24, 2.45) is 0 Å². The van der Waals surface area contributed by atoms with Crippen molar-refractivity contribution in [3.05, 3.63) is 36.8 Å². The van der Waals surface area contributed by atoms with Gasteiger partial charge in [0.25, 0.3) is 0 Å². The Kier molecular flexibility index (Phi) is 1.16. The van der Waals surface area contributed by atoms with E-state index in [0.29, 0.717) is 0 Å². The molecule has 2 N–H and O–H groups in total. The zero-order chi connectivity index (χ0) is 8.67. The number of fused-ring (bicyclic) bond motifs is 3. The predicted molar refractivity (Wildman–Crippen MR) is 50.2 cm³/mol. The minimum Gasteiger partial charge on any atom is -0.353 e. The molecule has 3 nitrogen and oxygen atoms in total. The average molecular weight is 170 g/mol. The van der Waals surface area contributed by atoms with Gasteiger partial charge in [-0.1, -0.05) is 0 Å². The molecule has 0 saturated heterocycles. The standard InChI is InChI=1S/C10H7N3/c1-2-9-10(12-4-1)7-6-11-5-3-8(7)13-9/h1-6,13H/p+1. The number of hydrogen-bond acceptors (Lipinski definition) is 1. The highest BCUT2D eigenvalue weighted by Gasteiger charge is 2.05. The van der Waals surface area contributed by atoms with E-state index in [1.165, 1.54) is 0 Å². The summed E-state index contributed by atoms with van der Waals surface area (Å²) in [5.74, 6) is 0. The van der Waals surface area contributed by atoms with Crippen molar-refractivity contribution in [1.82, 2.24) is 9.97 Å². The molecule has 0 atom stereocenters. The van der Waals surface area contributed by atoms with Gasteiger partial charge < -0.3 is 4.98 Å². The van der Waals surface area contributed by atoms with E-state index >= 15 is 0 Å². The van der Waals surface area contributed by atoms with Crippen molar-refractivity contribution < 1.29 is 4.98 Å². The highest BCUT2D eigenvalue weighted by atomic mass is 14.8. The van der Waals surface area contributed by atoms with Crippen LogP contribution in [0.1, 0.15) is 0 Å². The summed E-state index contributed by atoms with van der Waals surface area (Å²) in [4.78, 5) is 10.7. The number of rotatable bonds is 0. The molecule has 0 amide bonds. The molecule has 0 aliphatic rings. The van der Waals surface area contributed by atoms with Crippen molar-refractivity contribution >= 4 is 21.9 Å². The number of pyridine rings is 2. The van der Waals surface area contributed by atoms with Gasteiger partial charge in [0.2, 0.25) is 0 Å². The molecule has 0 bridgehead atoms. The van der Waals surface area contributed by atoms with Crippen LogP contribution in [0, 0.1) is 0 Å². The van der Waals surface area contributed by atoms with E-state index in [1.54, 1.807) is 0 Å². The molecule has 13 heavy (non-hydrogen) atoms. The van der Waals surface area contributed by atoms with Crippen LogP contribution in [0.5, 0.6) is 0 Å².